The largest absolute Gasteiger partial charge is 0.360 e. The number of hydrogen-bond donors (Lipinski definition) is 2. The number of amides is 2. The standard InChI is InChI=1S/C15H15FN4O5S/c1-8-5-13(19-25-8)18-15(22)9(2)26-7-14(21)17-10-3-4-11(16)12(6-10)20(23)24/h3-6,9H,7H2,1-2H3,(H,17,21)(H,18,19,22)/t9-/m1/s1. The van der Waals surface area contributed by atoms with Crippen molar-refractivity contribution in [1.82, 2.24) is 5.16 Å². The minimum absolute atomic E-state index is 0.0718. The van der Waals surface area contributed by atoms with Crippen LogP contribution in [0.25, 0.3) is 0 Å². The molecule has 2 rings (SSSR count). The number of benzene rings is 1. The van der Waals surface area contributed by atoms with Crippen LogP contribution in [0.3, 0.4) is 0 Å². The van der Waals surface area contributed by atoms with Gasteiger partial charge in [-0.15, -0.1) is 11.8 Å². The first-order valence-electron chi connectivity index (χ1n) is 7.36. The van der Waals surface area contributed by atoms with Crippen molar-refractivity contribution in [1.29, 1.82) is 0 Å². The van der Waals surface area contributed by atoms with E-state index in [1.807, 2.05) is 0 Å². The molecule has 9 nitrogen and oxygen atoms in total. The van der Waals surface area contributed by atoms with Gasteiger partial charge in [-0.3, -0.25) is 19.7 Å². The number of anilines is 2. The highest BCUT2D eigenvalue weighted by atomic mass is 32.2. The second kappa shape index (κ2) is 8.43. The van der Waals surface area contributed by atoms with E-state index in [0.717, 1.165) is 23.9 Å². The van der Waals surface area contributed by atoms with E-state index in [9.17, 15) is 24.1 Å². The van der Waals surface area contributed by atoms with E-state index in [1.165, 1.54) is 6.07 Å². The summed E-state index contributed by atoms with van der Waals surface area (Å²) >= 11 is 1.06. The van der Waals surface area contributed by atoms with Crippen molar-refractivity contribution in [2.45, 2.75) is 19.1 Å². The first-order chi connectivity index (χ1) is 12.3. The highest BCUT2D eigenvalue weighted by molar-refractivity contribution is 8.01. The number of rotatable bonds is 7. The molecule has 1 aromatic heterocycles. The van der Waals surface area contributed by atoms with Crippen LogP contribution in [-0.2, 0) is 9.59 Å². The molecule has 11 heteroatoms. The molecular formula is C15H15FN4O5S. The maximum absolute atomic E-state index is 13.3. The van der Waals surface area contributed by atoms with Gasteiger partial charge in [-0.05, 0) is 26.0 Å². The third-order valence-corrected chi connectivity index (χ3v) is 4.28. The lowest BCUT2D eigenvalue weighted by Gasteiger charge is -2.10. The molecule has 1 atom stereocenters. The number of hydrogen-bond acceptors (Lipinski definition) is 7. The summed E-state index contributed by atoms with van der Waals surface area (Å²) in [5, 5.41) is 18.7. The summed E-state index contributed by atoms with van der Waals surface area (Å²) in [6.07, 6.45) is 0. The number of nitro benzene ring substituents is 1. The number of carbonyl (C=O) groups excluding carboxylic acids is 2. The molecule has 0 unspecified atom stereocenters. The topological polar surface area (TPSA) is 127 Å². The predicted octanol–water partition coefficient (Wildman–Crippen LogP) is 2.73. The van der Waals surface area contributed by atoms with E-state index in [-0.39, 0.29) is 23.2 Å². The zero-order valence-electron chi connectivity index (χ0n) is 13.8. The van der Waals surface area contributed by atoms with Crippen LogP contribution >= 0.6 is 11.8 Å². The van der Waals surface area contributed by atoms with Gasteiger partial charge >= 0.3 is 5.69 Å². The molecule has 0 aliphatic heterocycles. The monoisotopic (exact) mass is 382 g/mol. The number of aryl methyl sites for hydroxylation is 1. The second-order valence-electron chi connectivity index (χ2n) is 5.24. The molecule has 0 radical (unpaired) electrons. The third kappa shape index (κ3) is 5.28. The van der Waals surface area contributed by atoms with Crippen LogP contribution in [0.1, 0.15) is 12.7 Å². The summed E-state index contributed by atoms with van der Waals surface area (Å²) in [6, 6.07) is 4.61. The molecule has 26 heavy (non-hydrogen) atoms. The quantitative estimate of drug-likeness (QED) is 0.557. The van der Waals surface area contributed by atoms with Crippen LogP contribution < -0.4 is 10.6 Å². The average Bonchev–Trinajstić information content (AvgIpc) is 2.99. The summed E-state index contributed by atoms with van der Waals surface area (Å²) in [7, 11) is 0. The van der Waals surface area contributed by atoms with Crippen LogP contribution in [0.2, 0.25) is 0 Å². The molecule has 1 aromatic carbocycles. The fraction of sp³-hybridized carbons (Fsp3) is 0.267. The van der Waals surface area contributed by atoms with E-state index in [0.29, 0.717) is 5.76 Å². The Morgan fingerprint density at radius 3 is 2.73 bits per heavy atom. The SMILES string of the molecule is Cc1cc(NC(=O)[C@@H](C)SCC(=O)Nc2ccc(F)c([N+](=O)[O-])c2)no1. The van der Waals surface area contributed by atoms with Gasteiger partial charge in [0.05, 0.1) is 15.9 Å². The van der Waals surface area contributed by atoms with Gasteiger partial charge in [0, 0.05) is 17.8 Å². The molecule has 0 spiro atoms. The van der Waals surface area contributed by atoms with Crippen molar-refractivity contribution in [3.63, 3.8) is 0 Å². The highest BCUT2D eigenvalue weighted by Gasteiger charge is 2.18. The van der Waals surface area contributed by atoms with Crippen molar-refractivity contribution in [3.8, 4) is 0 Å². The number of nitro groups is 1. The Morgan fingerprint density at radius 1 is 1.38 bits per heavy atom. The lowest BCUT2D eigenvalue weighted by Crippen LogP contribution is -2.25. The van der Waals surface area contributed by atoms with Crippen molar-refractivity contribution < 1.29 is 23.4 Å². The van der Waals surface area contributed by atoms with Crippen LogP contribution in [-0.4, -0.2) is 32.9 Å². The second-order valence-corrected chi connectivity index (χ2v) is 6.57. The Hall–Kier alpha value is -2.95. The van der Waals surface area contributed by atoms with Crippen LogP contribution in [0.5, 0.6) is 0 Å². The normalized spacial score (nSPS) is 11.7. The zero-order chi connectivity index (χ0) is 19.3. The average molecular weight is 382 g/mol. The minimum atomic E-state index is -0.990. The summed E-state index contributed by atoms with van der Waals surface area (Å²) in [4.78, 5) is 33.7. The van der Waals surface area contributed by atoms with E-state index in [4.69, 9.17) is 4.52 Å². The Labute approximate surface area is 151 Å². The number of carbonyl (C=O) groups is 2. The zero-order valence-corrected chi connectivity index (χ0v) is 14.6. The molecule has 2 aromatic rings. The Balaban J connectivity index is 1.85. The molecule has 0 fully saturated rings. The van der Waals surface area contributed by atoms with Gasteiger partial charge in [0.25, 0.3) is 0 Å². The molecule has 0 aliphatic rings. The number of nitrogens with one attached hydrogen (secondary N) is 2. The summed E-state index contributed by atoms with van der Waals surface area (Å²) in [5.41, 5.74) is -0.634. The van der Waals surface area contributed by atoms with Crippen LogP contribution in [0.15, 0.2) is 28.8 Å². The molecule has 2 amide bonds. The molecule has 0 saturated carbocycles. The molecule has 0 saturated heterocycles. The Kier molecular flexibility index (Phi) is 6.28. The highest BCUT2D eigenvalue weighted by Crippen LogP contribution is 2.22. The van der Waals surface area contributed by atoms with Crippen molar-refractivity contribution in [3.05, 3.63) is 46.0 Å². The fourth-order valence-corrected chi connectivity index (χ4v) is 2.54. The lowest BCUT2D eigenvalue weighted by molar-refractivity contribution is -0.387. The molecular weight excluding hydrogens is 367 g/mol. The first kappa shape index (κ1) is 19.4. The molecule has 0 bridgehead atoms. The first-order valence-corrected chi connectivity index (χ1v) is 8.40. The number of halogens is 1. The van der Waals surface area contributed by atoms with Gasteiger partial charge in [0.2, 0.25) is 17.6 Å². The van der Waals surface area contributed by atoms with Gasteiger partial charge in [0.1, 0.15) is 5.76 Å². The lowest BCUT2D eigenvalue weighted by atomic mass is 10.2. The van der Waals surface area contributed by atoms with Gasteiger partial charge < -0.3 is 15.2 Å². The van der Waals surface area contributed by atoms with E-state index in [2.05, 4.69) is 15.8 Å². The number of thioether (sulfide) groups is 1. The fourth-order valence-electron chi connectivity index (χ4n) is 1.86. The maximum Gasteiger partial charge on any atom is 0.306 e. The summed E-state index contributed by atoms with van der Waals surface area (Å²) in [5.74, 6) is -1.06. The van der Waals surface area contributed by atoms with Gasteiger partial charge in [-0.25, -0.2) is 0 Å². The maximum atomic E-state index is 13.3. The van der Waals surface area contributed by atoms with E-state index >= 15 is 0 Å². The molecule has 1 heterocycles. The predicted molar refractivity (Wildman–Crippen MR) is 93.5 cm³/mol. The van der Waals surface area contributed by atoms with E-state index in [1.54, 1.807) is 19.9 Å². The Bertz CT molecular complexity index is 841. The van der Waals surface area contributed by atoms with Gasteiger partial charge in [0.15, 0.2) is 5.82 Å². The van der Waals surface area contributed by atoms with Gasteiger partial charge in [-0.2, -0.15) is 4.39 Å². The Morgan fingerprint density at radius 2 is 2.12 bits per heavy atom. The van der Waals surface area contributed by atoms with Gasteiger partial charge in [-0.1, -0.05) is 5.16 Å². The van der Waals surface area contributed by atoms with Crippen molar-refractivity contribution >= 4 is 40.8 Å². The van der Waals surface area contributed by atoms with Crippen molar-refractivity contribution in [2.24, 2.45) is 0 Å². The van der Waals surface area contributed by atoms with E-state index < -0.39 is 27.6 Å². The van der Waals surface area contributed by atoms with Crippen LogP contribution in [0, 0.1) is 22.9 Å². The minimum Gasteiger partial charge on any atom is -0.360 e. The molecule has 138 valence electrons. The molecule has 2 N–H and O–H groups in total. The number of nitrogens with zero attached hydrogens (tertiary/aromatic N) is 2. The smallest absolute Gasteiger partial charge is 0.306 e. The third-order valence-electron chi connectivity index (χ3n) is 3.14. The summed E-state index contributed by atoms with van der Waals surface area (Å²) < 4.78 is 18.1. The summed E-state index contributed by atoms with van der Waals surface area (Å²) in [6.45, 7) is 3.30. The molecule has 0 aliphatic carbocycles. The van der Waals surface area contributed by atoms with Crippen molar-refractivity contribution in [2.75, 3.05) is 16.4 Å². The number of aromatic nitrogens is 1. The van der Waals surface area contributed by atoms with Crippen LogP contribution in [0.4, 0.5) is 21.6 Å².